The van der Waals surface area contributed by atoms with Gasteiger partial charge in [0.1, 0.15) is 0 Å². The molecule has 1 rings (SSSR count). The summed E-state index contributed by atoms with van der Waals surface area (Å²) < 4.78 is 0. The van der Waals surface area contributed by atoms with Crippen molar-refractivity contribution in [2.45, 2.75) is 0 Å². The van der Waals surface area contributed by atoms with E-state index in [2.05, 4.69) is 5.32 Å². The molecule has 1 nitrogen and oxygen atoms in total. The van der Waals surface area contributed by atoms with Crippen LogP contribution in [0.4, 0.5) is 0 Å². The van der Waals surface area contributed by atoms with Gasteiger partial charge in [0.15, 0.2) is 0 Å². The van der Waals surface area contributed by atoms with Crippen LogP contribution in [0.25, 0.3) is 0 Å². The topological polar surface area (TPSA) is 12.0 Å². The Kier molecular flexibility index (Phi) is 5.71. The van der Waals surface area contributed by atoms with E-state index in [-0.39, 0.29) is 18.9 Å². The fourth-order valence-electron chi connectivity index (χ4n) is 0.516. The molecule has 0 atom stereocenters. The predicted octanol–water partition coefficient (Wildman–Crippen LogP) is -0.326. The number of hydrogen-bond donors (Lipinski definition) is 1. The van der Waals surface area contributed by atoms with E-state index in [9.17, 15) is 0 Å². The second kappa shape index (κ2) is 5.05. The molecule has 0 aromatic heterocycles. The van der Waals surface area contributed by atoms with Gasteiger partial charge in [0.25, 0.3) is 0 Å². The summed E-state index contributed by atoms with van der Waals surface area (Å²) >= 11 is 2.03. The van der Waals surface area contributed by atoms with E-state index >= 15 is 0 Å². The molecule has 1 aliphatic heterocycles. The Balaban J connectivity index is 0.000000360. The second-order valence-electron chi connectivity index (χ2n) is 1.36. The third-order valence-electron chi connectivity index (χ3n) is 0.846. The van der Waals surface area contributed by atoms with Crippen LogP contribution in [-0.2, 0) is 0 Å². The Labute approximate surface area is 60.8 Å². The maximum atomic E-state index is 3.26. The van der Waals surface area contributed by atoms with Gasteiger partial charge >= 0.3 is 18.9 Å². The molecule has 1 saturated heterocycles. The van der Waals surface area contributed by atoms with E-state index < -0.39 is 0 Å². The molecule has 0 radical (unpaired) electrons. The van der Waals surface area contributed by atoms with Crippen molar-refractivity contribution in [2.24, 2.45) is 0 Å². The molecule has 1 aliphatic rings. The zero-order valence-electron chi connectivity index (χ0n) is 3.74. The van der Waals surface area contributed by atoms with Crippen molar-refractivity contribution in [3.63, 3.8) is 0 Å². The first kappa shape index (κ1) is 7.91. The maximum absolute atomic E-state index is 3.26. The molecule has 0 unspecified atom stereocenters. The Bertz CT molecular complexity index is 27.2. The number of thioether (sulfide) groups is 1. The van der Waals surface area contributed by atoms with E-state index in [0.29, 0.717) is 0 Å². The molecular formula is C4H10LiNS. The fourth-order valence-corrected chi connectivity index (χ4v) is 1.30. The van der Waals surface area contributed by atoms with Gasteiger partial charge in [-0.1, -0.05) is 0 Å². The molecular weight excluding hydrogens is 101 g/mol. The summed E-state index contributed by atoms with van der Waals surface area (Å²) in [7, 11) is 0. The van der Waals surface area contributed by atoms with Gasteiger partial charge in [-0.05, 0) is 0 Å². The zero-order valence-corrected chi connectivity index (χ0v) is 4.55. The monoisotopic (exact) mass is 111 g/mol. The van der Waals surface area contributed by atoms with Crippen LogP contribution >= 0.6 is 11.8 Å². The summed E-state index contributed by atoms with van der Waals surface area (Å²) in [5.41, 5.74) is 0. The van der Waals surface area contributed by atoms with E-state index in [1.54, 1.807) is 0 Å². The van der Waals surface area contributed by atoms with Crippen LogP contribution in [-0.4, -0.2) is 43.5 Å². The molecule has 1 N–H and O–H groups in total. The van der Waals surface area contributed by atoms with Gasteiger partial charge in [0, 0.05) is 24.6 Å². The van der Waals surface area contributed by atoms with Crippen molar-refractivity contribution in [1.29, 1.82) is 0 Å². The normalized spacial score (nSPS) is 20.6. The quantitative estimate of drug-likeness (QED) is 0.430. The van der Waals surface area contributed by atoms with E-state index in [0.717, 1.165) is 0 Å². The molecule has 0 spiro atoms. The first-order valence-corrected chi connectivity index (χ1v) is 3.44. The Morgan fingerprint density at radius 1 is 1.14 bits per heavy atom. The number of rotatable bonds is 0. The third kappa shape index (κ3) is 3.49. The van der Waals surface area contributed by atoms with Gasteiger partial charge < -0.3 is 5.32 Å². The number of hydrogen-bond acceptors (Lipinski definition) is 2. The summed E-state index contributed by atoms with van der Waals surface area (Å²) in [4.78, 5) is 0. The van der Waals surface area contributed by atoms with Gasteiger partial charge in [-0.2, -0.15) is 11.8 Å². The number of nitrogens with one attached hydrogen (secondary N) is 1. The van der Waals surface area contributed by atoms with Crippen LogP contribution in [0.15, 0.2) is 0 Å². The molecule has 0 aliphatic carbocycles. The van der Waals surface area contributed by atoms with E-state index in [1.165, 1.54) is 24.6 Å². The fraction of sp³-hybridized carbons (Fsp3) is 1.00. The van der Waals surface area contributed by atoms with Crippen LogP contribution in [0, 0.1) is 0 Å². The van der Waals surface area contributed by atoms with Crippen LogP contribution in [0.3, 0.4) is 0 Å². The second-order valence-corrected chi connectivity index (χ2v) is 2.59. The van der Waals surface area contributed by atoms with Crippen molar-refractivity contribution in [3.05, 3.63) is 0 Å². The van der Waals surface area contributed by atoms with Gasteiger partial charge in [-0.25, -0.2) is 0 Å². The van der Waals surface area contributed by atoms with Crippen molar-refractivity contribution in [1.82, 2.24) is 5.32 Å². The average molecular weight is 111 g/mol. The van der Waals surface area contributed by atoms with Crippen LogP contribution in [0.2, 0.25) is 0 Å². The van der Waals surface area contributed by atoms with E-state index in [4.69, 9.17) is 0 Å². The summed E-state index contributed by atoms with van der Waals surface area (Å²) in [6.07, 6.45) is 0. The van der Waals surface area contributed by atoms with Crippen molar-refractivity contribution >= 4 is 30.6 Å². The predicted molar refractivity (Wildman–Crippen MR) is 37.3 cm³/mol. The van der Waals surface area contributed by atoms with Crippen molar-refractivity contribution in [2.75, 3.05) is 24.6 Å². The Hall–Kier alpha value is 0.907. The SMILES string of the molecule is C1CSCCN1.[LiH]. The van der Waals surface area contributed by atoms with Crippen LogP contribution in [0.5, 0.6) is 0 Å². The van der Waals surface area contributed by atoms with Crippen LogP contribution in [0.1, 0.15) is 0 Å². The molecule has 1 fully saturated rings. The minimum absolute atomic E-state index is 0. The minimum atomic E-state index is 0. The summed E-state index contributed by atoms with van der Waals surface area (Å²) in [5.74, 6) is 2.61. The zero-order chi connectivity index (χ0) is 4.24. The Morgan fingerprint density at radius 2 is 1.71 bits per heavy atom. The molecule has 1 heterocycles. The molecule has 0 aromatic carbocycles. The molecule has 0 aromatic rings. The van der Waals surface area contributed by atoms with Gasteiger partial charge in [-0.3, -0.25) is 0 Å². The summed E-state index contributed by atoms with van der Waals surface area (Å²) in [6, 6.07) is 0. The first-order chi connectivity index (χ1) is 3.00. The molecule has 0 amide bonds. The standard InChI is InChI=1S/C4H9NS.Li.H/c1-3-6-4-2-5-1;;/h5H,1-4H2;;. The molecule has 38 valence electrons. The third-order valence-corrected chi connectivity index (χ3v) is 1.83. The average Bonchev–Trinajstić information content (AvgIpc) is 1.72. The van der Waals surface area contributed by atoms with E-state index in [1.807, 2.05) is 11.8 Å². The van der Waals surface area contributed by atoms with Gasteiger partial charge in [-0.15, -0.1) is 0 Å². The summed E-state index contributed by atoms with van der Waals surface area (Å²) in [5, 5.41) is 3.26. The molecule has 3 heteroatoms. The summed E-state index contributed by atoms with van der Waals surface area (Å²) in [6.45, 7) is 2.43. The molecule has 0 saturated carbocycles. The van der Waals surface area contributed by atoms with Gasteiger partial charge in [0.2, 0.25) is 0 Å². The first-order valence-electron chi connectivity index (χ1n) is 2.28. The molecule has 7 heavy (non-hydrogen) atoms. The van der Waals surface area contributed by atoms with Crippen molar-refractivity contribution in [3.8, 4) is 0 Å². The van der Waals surface area contributed by atoms with Crippen LogP contribution < -0.4 is 5.32 Å². The molecule has 0 bridgehead atoms. The van der Waals surface area contributed by atoms with Crippen molar-refractivity contribution < 1.29 is 0 Å². The Morgan fingerprint density at radius 3 is 1.86 bits per heavy atom. The van der Waals surface area contributed by atoms with Gasteiger partial charge in [0.05, 0.1) is 0 Å².